The fourth-order valence-electron chi connectivity index (χ4n) is 4.15. The average molecular weight is 604 g/mol. The van der Waals surface area contributed by atoms with Crippen molar-refractivity contribution in [1.29, 1.82) is 0 Å². The molecule has 3 aromatic rings. The third-order valence-electron chi connectivity index (χ3n) is 6.45. The van der Waals surface area contributed by atoms with Crippen LogP contribution in [0.5, 0.6) is 0 Å². The van der Waals surface area contributed by atoms with Gasteiger partial charge in [0.15, 0.2) is 0 Å². The lowest BCUT2D eigenvalue weighted by Gasteiger charge is -2.31. The Balaban J connectivity index is 0.000000616. The molecule has 0 aliphatic carbocycles. The number of carbonyl (C=O) groups is 4. The molecular formula is C30H29ClF3N3O5. The van der Waals surface area contributed by atoms with E-state index < -0.39 is 12.1 Å². The van der Waals surface area contributed by atoms with Crippen molar-refractivity contribution in [1.82, 2.24) is 10.2 Å². The summed E-state index contributed by atoms with van der Waals surface area (Å²) in [5.41, 5.74) is 2.86. The molecule has 1 aliphatic rings. The number of nitrogens with zero attached hydrogens (tertiary/aromatic N) is 1. The zero-order valence-corrected chi connectivity index (χ0v) is 23.1. The molecule has 42 heavy (non-hydrogen) atoms. The van der Waals surface area contributed by atoms with Crippen molar-refractivity contribution in [3.05, 3.63) is 101 Å². The van der Waals surface area contributed by atoms with Crippen LogP contribution in [0.1, 0.15) is 39.1 Å². The molecule has 3 amide bonds. The standard InChI is InChI=1S/C28H28ClN3O3.C2HF3O2/c29-24-10-6-21(7-11-24)27(34)31-25-12-8-23(9-13-25)28(35)32-18-15-22(16-19-32)26(33)30-17-14-20-4-2-1-3-5-20;3-2(4,5)1(6)7/h1-13,22H,14-19H2,(H,30,33)(H,31,34);(H,6,7). The van der Waals surface area contributed by atoms with Gasteiger partial charge in [-0.15, -0.1) is 0 Å². The maximum Gasteiger partial charge on any atom is 0.490 e. The number of hydrogen-bond acceptors (Lipinski definition) is 4. The number of carbonyl (C=O) groups excluding carboxylic acids is 3. The summed E-state index contributed by atoms with van der Waals surface area (Å²) in [6.45, 7) is 1.71. The molecular weight excluding hydrogens is 575 g/mol. The third kappa shape index (κ3) is 9.91. The van der Waals surface area contributed by atoms with E-state index in [1.165, 1.54) is 5.56 Å². The van der Waals surface area contributed by atoms with Gasteiger partial charge in [0.25, 0.3) is 11.8 Å². The second-order valence-electron chi connectivity index (χ2n) is 9.43. The van der Waals surface area contributed by atoms with Crippen LogP contribution < -0.4 is 10.6 Å². The monoisotopic (exact) mass is 603 g/mol. The molecule has 1 saturated heterocycles. The molecule has 1 heterocycles. The molecule has 0 atom stereocenters. The summed E-state index contributed by atoms with van der Waals surface area (Å²) in [7, 11) is 0. The number of benzene rings is 3. The van der Waals surface area contributed by atoms with E-state index in [4.69, 9.17) is 21.5 Å². The van der Waals surface area contributed by atoms with Crippen molar-refractivity contribution in [3.63, 3.8) is 0 Å². The number of likely N-dealkylation sites (tertiary alicyclic amines) is 1. The average Bonchev–Trinajstić information content (AvgIpc) is 2.98. The van der Waals surface area contributed by atoms with Crippen LogP contribution in [0.15, 0.2) is 78.9 Å². The Morgan fingerprint density at radius 1 is 0.857 bits per heavy atom. The van der Waals surface area contributed by atoms with E-state index >= 15 is 0 Å². The van der Waals surface area contributed by atoms with Gasteiger partial charge in [-0.05, 0) is 73.4 Å². The molecule has 1 fully saturated rings. The van der Waals surface area contributed by atoms with Gasteiger partial charge < -0.3 is 20.6 Å². The van der Waals surface area contributed by atoms with Crippen molar-refractivity contribution < 1.29 is 37.5 Å². The Hall–Kier alpha value is -4.38. The van der Waals surface area contributed by atoms with Crippen LogP contribution in [0.3, 0.4) is 0 Å². The van der Waals surface area contributed by atoms with E-state index in [1.54, 1.807) is 53.4 Å². The number of hydrogen-bond donors (Lipinski definition) is 3. The molecule has 8 nitrogen and oxygen atoms in total. The number of nitrogens with one attached hydrogen (secondary N) is 2. The van der Waals surface area contributed by atoms with Gasteiger partial charge in [0.2, 0.25) is 5.91 Å². The van der Waals surface area contributed by atoms with Crippen LogP contribution in [-0.4, -0.2) is 59.5 Å². The SMILES string of the molecule is O=C(Nc1ccc(C(=O)N2CCC(C(=O)NCCc3ccccc3)CC2)cc1)c1ccc(Cl)cc1.O=C(O)C(F)(F)F. The first-order chi connectivity index (χ1) is 19.9. The fourth-order valence-corrected chi connectivity index (χ4v) is 4.27. The molecule has 12 heteroatoms. The number of anilines is 1. The van der Waals surface area contributed by atoms with Gasteiger partial charge in [0.05, 0.1) is 0 Å². The molecule has 0 bridgehead atoms. The van der Waals surface area contributed by atoms with Crippen LogP contribution in [0.2, 0.25) is 5.02 Å². The summed E-state index contributed by atoms with van der Waals surface area (Å²) in [5, 5.41) is 13.5. The van der Waals surface area contributed by atoms with Crippen molar-refractivity contribution in [2.45, 2.75) is 25.4 Å². The predicted molar refractivity (Wildman–Crippen MR) is 151 cm³/mol. The molecule has 0 saturated carbocycles. The molecule has 222 valence electrons. The van der Waals surface area contributed by atoms with Crippen molar-refractivity contribution in [2.75, 3.05) is 25.0 Å². The first kappa shape index (κ1) is 32.1. The molecule has 1 aliphatic heterocycles. The number of piperidine rings is 1. The Morgan fingerprint density at radius 2 is 1.40 bits per heavy atom. The summed E-state index contributed by atoms with van der Waals surface area (Å²) in [6.07, 6.45) is -2.98. The largest absolute Gasteiger partial charge is 0.490 e. The maximum atomic E-state index is 12.9. The molecule has 3 N–H and O–H groups in total. The van der Waals surface area contributed by atoms with E-state index in [9.17, 15) is 27.6 Å². The van der Waals surface area contributed by atoms with Gasteiger partial charge in [-0.3, -0.25) is 14.4 Å². The van der Waals surface area contributed by atoms with Crippen molar-refractivity contribution in [2.24, 2.45) is 5.92 Å². The number of carboxylic acid groups (broad SMARTS) is 1. The van der Waals surface area contributed by atoms with Gasteiger partial charge in [-0.2, -0.15) is 13.2 Å². The topological polar surface area (TPSA) is 116 Å². The van der Waals surface area contributed by atoms with E-state index in [0.29, 0.717) is 54.3 Å². The zero-order chi connectivity index (χ0) is 30.7. The summed E-state index contributed by atoms with van der Waals surface area (Å²) >= 11 is 5.86. The maximum absolute atomic E-state index is 12.9. The second-order valence-corrected chi connectivity index (χ2v) is 9.87. The first-order valence-corrected chi connectivity index (χ1v) is 13.4. The quantitative estimate of drug-likeness (QED) is 0.333. The van der Waals surface area contributed by atoms with Crippen molar-refractivity contribution >= 4 is 41.0 Å². The molecule has 0 radical (unpaired) electrons. The number of halogens is 4. The van der Waals surface area contributed by atoms with Crippen LogP contribution in [0.25, 0.3) is 0 Å². The molecule has 3 aromatic carbocycles. The van der Waals surface area contributed by atoms with E-state index in [1.807, 2.05) is 18.2 Å². The number of rotatable bonds is 7. The van der Waals surface area contributed by atoms with Crippen molar-refractivity contribution in [3.8, 4) is 0 Å². The van der Waals surface area contributed by atoms with Gasteiger partial charge in [0, 0.05) is 47.4 Å². The predicted octanol–water partition coefficient (Wildman–Crippen LogP) is 5.44. The Bertz CT molecular complexity index is 1360. The minimum atomic E-state index is -5.08. The highest BCUT2D eigenvalue weighted by Gasteiger charge is 2.38. The molecule has 0 unspecified atom stereocenters. The normalized spacial score (nSPS) is 13.4. The summed E-state index contributed by atoms with van der Waals surface area (Å²) in [6, 6.07) is 23.6. The Kier molecular flexibility index (Phi) is 11.5. The molecule has 0 aromatic heterocycles. The lowest BCUT2D eigenvalue weighted by molar-refractivity contribution is -0.192. The third-order valence-corrected chi connectivity index (χ3v) is 6.70. The summed E-state index contributed by atoms with van der Waals surface area (Å²) in [5.74, 6) is -3.07. The highest BCUT2D eigenvalue weighted by molar-refractivity contribution is 6.30. The highest BCUT2D eigenvalue weighted by Crippen LogP contribution is 2.21. The first-order valence-electron chi connectivity index (χ1n) is 13.0. The van der Waals surface area contributed by atoms with E-state index in [-0.39, 0.29) is 23.6 Å². The summed E-state index contributed by atoms with van der Waals surface area (Å²) < 4.78 is 31.7. The van der Waals surface area contributed by atoms with Gasteiger partial charge in [-0.1, -0.05) is 41.9 Å². The van der Waals surface area contributed by atoms with Crippen LogP contribution in [-0.2, 0) is 16.0 Å². The van der Waals surface area contributed by atoms with Gasteiger partial charge >= 0.3 is 12.1 Å². The Labute approximate surface area is 245 Å². The molecule has 0 spiro atoms. The minimum absolute atomic E-state index is 0.0637. The second kappa shape index (κ2) is 15.0. The number of amides is 3. The number of alkyl halides is 3. The summed E-state index contributed by atoms with van der Waals surface area (Å²) in [4.78, 5) is 48.5. The number of carboxylic acids is 1. The van der Waals surface area contributed by atoms with E-state index in [0.717, 1.165) is 6.42 Å². The van der Waals surface area contributed by atoms with E-state index in [2.05, 4.69) is 22.8 Å². The number of aliphatic carboxylic acids is 1. The van der Waals surface area contributed by atoms with Crippen LogP contribution in [0.4, 0.5) is 18.9 Å². The highest BCUT2D eigenvalue weighted by atomic mass is 35.5. The zero-order valence-electron chi connectivity index (χ0n) is 22.4. The fraction of sp³-hybridized carbons (Fsp3) is 0.267. The van der Waals surface area contributed by atoms with Gasteiger partial charge in [-0.25, -0.2) is 4.79 Å². The Morgan fingerprint density at radius 3 is 1.95 bits per heavy atom. The lowest BCUT2D eigenvalue weighted by atomic mass is 9.95. The molecule has 4 rings (SSSR count). The smallest absolute Gasteiger partial charge is 0.475 e. The van der Waals surface area contributed by atoms with Crippen LogP contribution in [0, 0.1) is 5.92 Å². The van der Waals surface area contributed by atoms with Crippen LogP contribution >= 0.6 is 11.6 Å². The minimum Gasteiger partial charge on any atom is -0.475 e. The van der Waals surface area contributed by atoms with Gasteiger partial charge in [0.1, 0.15) is 0 Å². The lowest BCUT2D eigenvalue weighted by Crippen LogP contribution is -2.43.